The Hall–Kier alpha value is -0.390. The van der Waals surface area contributed by atoms with E-state index < -0.39 is 17.3 Å². The molecule has 1 aliphatic carbocycles. The molecule has 0 aromatic rings. The Bertz CT molecular complexity index is 282. The third kappa shape index (κ3) is 3.30. The van der Waals surface area contributed by atoms with E-state index in [-0.39, 0.29) is 12.6 Å². The number of amides is 1. The fourth-order valence-electron chi connectivity index (χ4n) is 2.36. The molecule has 2 fully saturated rings. The van der Waals surface area contributed by atoms with Crippen molar-refractivity contribution in [1.82, 2.24) is 5.32 Å². The highest BCUT2D eigenvalue weighted by atomic mass is 35.5. The number of alkyl halides is 2. The van der Waals surface area contributed by atoms with E-state index in [1.807, 2.05) is 0 Å². The molecule has 0 bridgehead atoms. The van der Waals surface area contributed by atoms with Crippen LogP contribution in [0.2, 0.25) is 0 Å². The minimum absolute atomic E-state index is 0.201. The number of halogens is 2. The van der Waals surface area contributed by atoms with Gasteiger partial charge in [-0.05, 0) is 12.8 Å². The monoisotopic (exact) mass is 265 g/mol. The maximum atomic E-state index is 12.4. The molecule has 17 heavy (non-hydrogen) atoms. The average Bonchev–Trinajstić information content (AvgIpc) is 2.70. The second-order valence-corrected chi connectivity index (χ2v) is 4.95. The first-order valence-electron chi connectivity index (χ1n) is 5.99. The largest absolute Gasteiger partial charge is 0.350 e. The van der Waals surface area contributed by atoms with Crippen LogP contribution in [0, 0.1) is 0 Å². The van der Waals surface area contributed by atoms with Crippen molar-refractivity contribution >= 4 is 17.5 Å². The normalized spacial score (nSPS) is 29.2. The summed E-state index contributed by atoms with van der Waals surface area (Å²) in [6.45, 7) is 0.688. The highest BCUT2D eigenvalue weighted by Gasteiger charge is 2.42. The number of hydrogen-bond acceptors (Lipinski definition) is 3. The zero-order chi connectivity index (χ0) is 12.3. The number of carbonyl (C=O) groups is 1. The minimum atomic E-state index is -2.00. The predicted octanol–water partition coefficient (Wildman–Crippen LogP) is 1.71. The van der Waals surface area contributed by atoms with E-state index in [2.05, 4.69) is 5.32 Å². The van der Waals surface area contributed by atoms with E-state index in [9.17, 15) is 9.18 Å². The Morgan fingerprint density at radius 3 is 2.82 bits per heavy atom. The fraction of sp³-hybridized carbons (Fsp3) is 0.909. The second kappa shape index (κ2) is 5.50. The van der Waals surface area contributed by atoms with Crippen LogP contribution in [-0.4, -0.2) is 36.6 Å². The van der Waals surface area contributed by atoms with E-state index in [4.69, 9.17) is 21.1 Å². The summed E-state index contributed by atoms with van der Waals surface area (Å²) in [7, 11) is 0. The summed E-state index contributed by atoms with van der Waals surface area (Å²) in [5.41, 5.74) is -2.00. The summed E-state index contributed by atoms with van der Waals surface area (Å²) in [6.07, 6.45) is 5.02. The summed E-state index contributed by atoms with van der Waals surface area (Å²) in [6, 6.07) is 0. The zero-order valence-corrected chi connectivity index (χ0v) is 10.3. The molecule has 0 aromatic heterocycles. The lowest BCUT2D eigenvalue weighted by Gasteiger charge is -2.31. The van der Waals surface area contributed by atoms with Gasteiger partial charge in [0.1, 0.15) is 6.10 Å². The van der Waals surface area contributed by atoms with Gasteiger partial charge in [-0.25, -0.2) is 4.39 Å². The van der Waals surface area contributed by atoms with Gasteiger partial charge in [0.05, 0.1) is 6.61 Å². The van der Waals surface area contributed by atoms with Crippen molar-refractivity contribution in [3.8, 4) is 0 Å². The van der Waals surface area contributed by atoms with Crippen LogP contribution in [0.15, 0.2) is 0 Å². The molecule has 1 saturated heterocycles. The first-order chi connectivity index (χ1) is 8.11. The summed E-state index contributed by atoms with van der Waals surface area (Å²) in [4.78, 5) is 11.0. The number of rotatable bonds is 3. The molecular weight excluding hydrogens is 249 g/mol. The van der Waals surface area contributed by atoms with E-state index in [1.165, 1.54) is 6.42 Å². The minimum Gasteiger partial charge on any atom is -0.350 e. The van der Waals surface area contributed by atoms with Crippen molar-refractivity contribution in [2.24, 2.45) is 0 Å². The van der Waals surface area contributed by atoms with Gasteiger partial charge in [0, 0.05) is 19.4 Å². The molecule has 1 aliphatic heterocycles. The van der Waals surface area contributed by atoms with Crippen molar-refractivity contribution in [1.29, 1.82) is 0 Å². The van der Waals surface area contributed by atoms with Gasteiger partial charge in [-0.2, -0.15) is 0 Å². The summed E-state index contributed by atoms with van der Waals surface area (Å²) < 4.78 is 23.9. The molecule has 1 spiro atoms. The molecule has 2 aliphatic rings. The van der Waals surface area contributed by atoms with Gasteiger partial charge in [-0.15, -0.1) is 0 Å². The Labute approximate surface area is 105 Å². The Morgan fingerprint density at radius 1 is 1.47 bits per heavy atom. The molecule has 2 unspecified atom stereocenters. The summed E-state index contributed by atoms with van der Waals surface area (Å²) >= 11 is 5.01. The van der Waals surface area contributed by atoms with Gasteiger partial charge in [0.2, 0.25) is 0 Å². The Morgan fingerprint density at radius 2 is 2.18 bits per heavy atom. The van der Waals surface area contributed by atoms with Gasteiger partial charge in [0.25, 0.3) is 11.5 Å². The van der Waals surface area contributed by atoms with Gasteiger partial charge < -0.3 is 14.8 Å². The van der Waals surface area contributed by atoms with Crippen LogP contribution >= 0.6 is 11.6 Å². The molecule has 1 heterocycles. The molecule has 0 radical (unpaired) electrons. The highest BCUT2D eigenvalue weighted by molar-refractivity contribution is 6.29. The first kappa shape index (κ1) is 13.1. The van der Waals surface area contributed by atoms with Crippen LogP contribution < -0.4 is 5.32 Å². The lowest BCUT2D eigenvalue weighted by atomic mass is 9.94. The molecule has 4 nitrogen and oxygen atoms in total. The first-order valence-corrected chi connectivity index (χ1v) is 6.43. The molecule has 1 N–H and O–H groups in total. The van der Waals surface area contributed by atoms with Crippen molar-refractivity contribution in [2.45, 2.75) is 49.6 Å². The van der Waals surface area contributed by atoms with Crippen molar-refractivity contribution in [2.75, 3.05) is 13.2 Å². The van der Waals surface area contributed by atoms with Crippen LogP contribution in [-0.2, 0) is 14.3 Å². The van der Waals surface area contributed by atoms with E-state index in [0.29, 0.717) is 6.61 Å². The van der Waals surface area contributed by atoms with Crippen LogP contribution in [0.25, 0.3) is 0 Å². The molecule has 2 atom stereocenters. The molecular formula is C11H17ClFNO3. The molecule has 1 saturated carbocycles. The van der Waals surface area contributed by atoms with Crippen molar-refractivity contribution in [3.05, 3.63) is 0 Å². The summed E-state index contributed by atoms with van der Waals surface area (Å²) in [5, 5.41) is 2.40. The summed E-state index contributed by atoms with van der Waals surface area (Å²) in [5.74, 6) is -1.27. The zero-order valence-electron chi connectivity index (χ0n) is 9.59. The van der Waals surface area contributed by atoms with Crippen LogP contribution in [0.3, 0.4) is 0 Å². The third-order valence-electron chi connectivity index (χ3n) is 3.23. The van der Waals surface area contributed by atoms with Crippen LogP contribution in [0.1, 0.15) is 32.1 Å². The van der Waals surface area contributed by atoms with E-state index in [0.717, 1.165) is 25.7 Å². The second-order valence-electron chi connectivity index (χ2n) is 4.57. The lowest BCUT2D eigenvalue weighted by molar-refractivity contribution is -0.186. The quantitative estimate of drug-likeness (QED) is 0.791. The lowest BCUT2D eigenvalue weighted by Crippen LogP contribution is -2.38. The van der Waals surface area contributed by atoms with Crippen LogP contribution in [0.5, 0.6) is 0 Å². The topological polar surface area (TPSA) is 47.6 Å². The molecule has 98 valence electrons. The SMILES string of the molecule is O=C(NCC1COC2(CCCCC2)O1)C(F)Cl. The molecule has 1 amide bonds. The molecule has 6 heteroatoms. The Kier molecular flexibility index (Phi) is 4.22. The van der Waals surface area contributed by atoms with E-state index >= 15 is 0 Å². The maximum absolute atomic E-state index is 12.4. The highest BCUT2D eigenvalue weighted by Crippen LogP contribution is 2.37. The van der Waals surface area contributed by atoms with Gasteiger partial charge in [0.15, 0.2) is 5.79 Å². The van der Waals surface area contributed by atoms with Gasteiger partial charge in [-0.3, -0.25) is 4.79 Å². The maximum Gasteiger partial charge on any atom is 0.270 e. The van der Waals surface area contributed by atoms with Crippen molar-refractivity contribution in [3.63, 3.8) is 0 Å². The number of hydrogen-bond donors (Lipinski definition) is 1. The van der Waals surface area contributed by atoms with Gasteiger partial charge >= 0.3 is 0 Å². The van der Waals surface area contributed by atoms with Crippen molar-refractivity contribution < 1.29 is 18.7 Å². The smallest absolute Gasteiger partial charge is 0.270 e. The van der Waals surface area contributed by atoms with E-state index in [1.54, 1.807) is 0 Å². The average molecular weight is 266 g/mol. The molecule has 2 rings (SSSR count). The number of carbonyl (C=O) groups excluding carboxylic acids is 1. The van der Waals surface area contributed by atoms with Gasteiger partial charge in [-0.1, -0.05) is 18.0 Å². The number of nitrogens with one attached hydrogen (secondary N) is 1. The fourth-order valence-corrected chi connectivity index (χ4v) is 2.44. The Balaban J connectivity index is 1.76. The third-order valence-corrected chi connectivity index (χ3v) is 3.43. The standard InChI is InChI=1S/C11H17ClFNO3/c12-9(13)10(15)14-6-8-7-16-11(17-8)4-2-1-3-5-11/h8-9H,1-7H2,(H,14,15). The van der Waals surface area contributed by atoms with Crippen LogP contribution in [0.4, 0.5) is 4.39 Å². The number of ether oxygens (including phenoxy) is 2. The predicted molar refractivity (Wildman–Crippen MR) is 60.4 cm³/mol. The molecule has 0 aromatic carbocycles.